The third-order valence-electron chi connectivity index (χ3n) is 6.56. The van der Waals surface area contributed by atoms with Crippen molar-refractivity contribution in [2.24, 2.45) is 0 Å². The Morgan fingerprint density at radius 1 is 1.11 bits per heavy atom. The second kappa shape index (κ2) is 9.50. The molecule has 2 aliphatic heterocycles. The number of thioether (sulfide) groups is 1. The molecular weight excluding hydrogens is 526 g/mol. The fraction of sp³-hybridized carbons (Fsp3) is 0.269. The first kappa shape index (κ1) is 25.8. The highest BCUT2D eigenvalue weighted by Gasteiger charge is 2.48. The number of carbonyl (C=O) groups is 2. The Hall–Kier alpha value is -3.80. The van der Waals surface area contributed by atoms with Gasteiger partial charge in [0.25, 0.3) is 5.91 Å². The van der Waals surface area contributed by atoms with Crippen LogP contribution in [0.1, 0.15) is 47.1 Å². The van der Waals surface area contributed by atoms with Crippen LogP contribution < -0.4 is 15.2 Å². The minimum atomic E-state index is -4.78. The zero-order valence-corrected chi connectivity index (χ0v) is 21.0. The molecule has 2 aromatic carbocycles. The van der Waals surface area contributed by atoms with E-state index in [1.54, 1.807) is 12.1 Å². The molecule has 198 valence electrons. The van der Waals surface area contributed by atoms with Crippen molar-refractivity contribution < 1.29 is 31.9 Å². The molecule has 0 saturated carbocycles. The fourth-order valence-corrected chi connectivity index (χ4v) is 5.82. The number of alkyl halides is 3. The van der Waals surface area contributed by atoms with Gasteiger partial charge in [0, 0.05) is 29.8 Å². The van der Waals surface area contributed by atoms with Gasteiger partial charge in [-0.1, -0.05) is 30.3 Å². The zero-order chi connectivity index (χ0) is 27.4. The van der Waals surface area contributed by atoms with Gasteiger partial charge in [-0.3, -0.25) is 24.1 Å². The standard InChI is InChI=1S/C26H21F4N3O4S/c1-14(26(28,29)30)31-13-33(32-10-9-20(35)24(37-15(2)34)23(32)25(31)36)22-18-6-4-3-5-16(18)12-38-21-11-17(27)7-8-19(21)22/h3-11,14,22H,12-13H2,1-2H3/t14-,22-/m1/s1. The van der Waals surface area contributed by atoms with Crippen molar-refractivity contribution in [2.75, 3.05) is 11.7 Å². The molecule has 0 unspecified atom stereocenters. The van der Waals surface area contributed by atoms with E-state index in [4.69, 9.17) is 4.74 Å². The lowest BCUT2D eigenvalue weighted by Gasteiger charge is -2.46. The van der Waals surface area contributed by atoms with Gasteiger partial charge < -0.3 is 9.64 Å². The molecule has 0 saturated heterocycles. The van der Waals surface area contributed by atoms with E-state index in [0.717, 1.165) is 31.0 Å². The van der Waals surface area contributed by atoms with Gasteiger partial charge in [-0.25, -0.2) is 4.39 Å². The molecule has 2 atom stereocenters. The molecule has 0 N–H and O–H groups in total. The number of halogens is 4. The van der Waals surface area contributed by atoms with Gasteiger partial charge in [0.15, 0.2) is 5.69 Å². The van der Waals surface area contributed by atoms with E-state index in [2.05, 4.69) is 0 Å². The number of nitrogens with zero attached hydrogens (tertiary/aromatic N) is 3. The number of aromatic nitrogens is 1. The van der Waals surface area contributed by atoms with Crippen LogP contribution in [0.3, 0.4) is 0 Å². The molecule has 2 aliphatic rings. The molecule has 0 spiro atoms. The summed E-state index contributed by atoms with van der Waals surface area (Å²) in [7, 11) is 0. The number of hydrogen-bond donors (Lipinski definition) is 0. The lowest BCUT2D eigenvalue weighted by molar-refractivity contribution is -0.173. The van der Waals surface area contributed by atoms with Crippen LogP contribution in [0.5, 0.6) is 5.75 Å². The summed E-state index contributed by atoms with van der Waals surface area (Å²) >= 11 is 1.39. The molecule has 5 rings (SSSR count). The normalized spacial score (nSPS) is 17.7. The molecule has 0 radical (unpaired) electrons. The number of esters is 1. The Morgan fingerprint density at radius 3 is 2.55 bits per heavy atom. The first-order valence-corrected chi connectivity index (χ1v) is 12.5. The summed E-state index contributed by atoms with van der Waals surface area (Å²) in [4.78, 5) is 39.1. The van der Waals surface area contributed by atoms with Crippen molar-refractivity contribution in [3.63, 3.8) is 0 Å². The Bertz CT molecular complexity index is 1510. The minimum absolute atomic E-state index is 0.469. The van der Waals surface area contributed by atoms with Crippen LogP contribution in [-0.4, -0.2) is 40.3 Å². The number of pyridine rings is 1. The number of carbonyl (C=O) groups excluding carboxylic acids is 2. The smallest absolute Gasteiger partial charge is 0.408 e. The van der Waals surface area contributed by atoms with E-state index in [1.165, 1.54) is 39.8 Å². The van der Waals surface area contributed by atoms with Crippen LogP contribution in [0.25, 0.3) is 0 Å². The summed E-state index contributed by atoms with van der Waals surface area (Å²) in [5.74, 6) is -2.68. The quantitative estimate of drug-likeness (QED) is 0.353. The minimum Gasteiger partial charge on any atom is -0.420 e. The van der Waals surface area contributed by atoms with E-state index >= 15 is 0 Å². The number of amides is 1. The summed E-state index contributed by atoms with van der Waals surface area (Å²) in [6.45, 7) is 1.35. The predicted molar refractivity (Wildman–Crippen MR) is 131 cm³/mol. The average molecular weight is 548 g/mol. The Morgan fingerprint density at radius 2 is 1.84 bits per heavy atom. The highest BCUT2D eigenvalue weighted by molar-refractivity contribution is 7.98. The largest absolute Gasteiger partial charge is 0.420 e. The molecule has 12 heteroatoms. The topological polar surface area (TPSA) is 71.8 Å². The first-order valence-electron chi connectivity index (χ1n) is 11.6. The number of benzene rings is 2. The second-order valence-electron chi connectivity index (χ2n) is 8.94. The molecule has 38 heavy (non-hydrogen) atoms. The molecule has 3 heterocycles. The summed E-state index contributed by atoms with van der Waals surface area (Å²) in [5.41, 5.74) is 0.870. The number of rotatable bonds is 3. The molecule has 0 bridgehead atoms. The summed E-state index contributed by atoms with van der Waals surface area (Å²) in [6.07, 6.45) is -3.51. The fourth-order valence-electron chi connectivity index (χ4n) is 4.70. The van der Waals surface area contributed by atoms with E-state index in [9.17, 15) is 31.9 Å². The maximum atomic E-state index is 14.2. The highest BCUT2D eigenvalue weighted by Crippen LogP contribution is 2.43. The van der Waals surface area contributed by atoms with Gasteiger partial charge in [0.1, 0.15) is 18.5 Å². The summed E-state index contributed by atoms with van der Waals surface area (Å²) < 4.78 is 62.3. The molecular formula is C26H21F4N3O4S. The second-order valence-corrected chi connectivity index (χ2v) is 9.96. The molecule has 1 aromatic heterocycles. The lowest BCUT2D eigenvalue weighted by atomic mass is 9.94. The van der Waals surface area contributed by atoms with E-state index in [-0.39, 0.29) is 0 Å². The Labute approximate surface area is 218 Å². The van der Waals surface area contributed by atoms with Crippen molar-refractivity contribution in [1.82, 2.24) is 9.58 Å². The molecule has 0 aliphatic carbocycles. The Kier molecular flexibility index (Phi) is 6.46. The summed E-state index contributed by atoms with van der Waals surface area (Å²) in [6, 6.07) is 9.57. The van der Waals surface area contributed by atoms with Gasteiger partial charge >= 0.3 is 12.1 Å². The van der Waals surface area contributed by atoms with Crippen LogP contribution in [0.2, 0.25) is 0 Å². The third kappa shape index (κ3) is 4.42. The van der Waals surface area contributed by atoms with E-state index in [1.807, 2.05) is 18.2 Å². The van der Waals surface area contributed by atoms with Crippen LogP contribution in [-0.2, 0) is 10.5 Å². The van der Waals surface area contributed by atoms with Gasteiger partial charge in [0.05, 0.1) is 6.04 Å². The maximum Gasteiger partial charge on any atom is 0.408 e. The monoisotopic (exact) mass is 547 g/mol. The number of fused-ring (bicyclic) bond motifs is 3. The number of ether oxygens (including phenoxy) is 1. The van der Waals surface area contributed by atoms with Crippen molar-refractivity contribution in [2.45, 2.75) is 42.8 Å². The first-order chi connectivity index (χ1) is 18.0. The van der Waals surface area contributed by atoms with Crippen molar-refractivity contribution >= 4 is 23.6 Å². The van der Waals surface area contributed by atoms with Gasteiger partial charge in [-0.15, -0.1) is 11.8 Å². The van der Waals surface area contributed by atoms with Crippen molar-refractivity contribution in [1.29, 1.82) is 0 Å². The molecule has 7 nitrogen and oxygen atoms in total. The van der Waals surface area contributed by atoms with Gasteiger partial charge in [-0.05, 0) is 35.7 Å². The third-order valence-corrected chi connectivity index (χ3v) is 7.68. The summed E-state index contributed by atoms with van der Waals surface area (Å²) in [5, 5.41) is 1.49. The SMILES string of the molecule is CC(=O)Oc1c2n(ccc1=O)N([C@@H]1c3ccccc3CSc3cc(F)ccc31)CN([C@H](C)C(F)(F)F)C2=O. The van der Waals surface area contributed by atoms with Crippen LogP contribution in [0.15, 0.2) is 64.4 Å². The Balaban J connectivity index is 1.80. The van der Waals surface area contributed by atoms with Crippen molar-refractivity contribution in [3.8, 4) is 5.75 Å². The maximum absolute atomic E-state index is 14.2. The molecule has 0 fully saturated rings. The number of hydrogen-bond acceptors (Lipinski definition) is 6. The molecule has 3 aromatic rings. The van der Waals surface area contributed by atoms with Gasteiger partial charge in [-0.2, -0.15) is 13.2 Å². The highest BCUT2D eigenvalue weighted by atomic mass is 32.2. The van der Waals surface area contributed by atoms with E-state index < -0.39 is 59.5 Å². The van der Waals surface area contributed by atoms with Crippen molar-refractivity contribution in [3.05, 3.63) is 93.2 Å². The van der Waals surface area contributed by atoms with Gasteiger partial charge in [0.2, 0.25) is 11.2 Å². The van der Waals surface area contributed by atoms with Crippen LogP contribution >= 0.6 is 11.8 Å². The van der Waals surface area contributed by atoms with Crippen LogP contribution in [0, 0.1) is 5.82 Å². The zero-order valence-electron chi connectivity index (χ0n) is 20.2. The van der Waals surface area contributed by atoms with Crippen LogP contribution in [0.4, 0.5) is 17.6 Å². The lowest BCUT2D eigenvalue weighted by Crippen LogP contribution is -2.60. The molecule has 1 amide bonds. The van der Waals surface area contributed by atoms with E-state index in [0.29, 0.717) is 21.1 Å². The average Bonchev–Trinajstić information content (AvgIpc) is 3.01. The predicted octanol–water partition coefficient (Wildman–Crippen LogP) is 4.61.